The molecule has 1 saturated heterocycles. The van der Waals surface area contributed by atoms with E-state index in [1.54, 1.807) is 11.0 Å². The Balaban J connectivity index is 2.33. The van der Waals surface area contributed by atoms with Crippen LogP contribution >= 0.6 is 0 Å². The topological polar surface area (TPSA) is 113 Å². The predicted molar refractivity (Wildman–Crippen MR) is 67.3 cm³/mol. The highest BCUT2D eigenvalue weighted by atomic mass is 16.6. The van der Waals surface area contributed by atoms with Crippen LogP contribution in [0.3, 0.4) is 0 Å². The Kier molecular flexibility index (Phi) is 3.33. The van der Waals surface area contributed by atoms with Crippen LogP contribution in [0.5, 0.6) is 0 Å². The van der Waals surface area contributed by atoms with E-state index in [2.05, 4.69) is 0 Å². The van der Waals surface area contributed by atoms with Crippen molar-refractivity contribution in [2.75, 3.05) is 18.0 Å². The van der Waals surface area contributed by atoms with E-state index in [0.29, 0.717) is 25.2 Å². The molecule has 0 saturated carbocycles. The van der Waals surface area contributed by atoms with Gasteiger partial charge in [0.2, 0.25) is 5.91 Å². The van der Waals surface area contributed by atoms with Crippen LogP contribution < -0.4 is 10.6 Å². The molecule has 7 heteroatoms. The van der Waals surface area contributed by atoms with Crippen LogP contribution in [0, 0.1) is 27.4 Å². The van der Waals surface area contributed by atoms with Gasteiger partial charge in [-0.1, -0.05) is 0 Å². The van der Waals surface area contributed by atoms with Crippen molar-refractivity contribution >= 4 is 17.3 Å². The van der Waals surface area contributed by atoms with Crippen molar-refractivity contribution in [2.45, 2.75) is 6.42 Å². The van der Waals surface area contributed by atoms with Crippen LogP contribution in [0.25, 0.3) is 0 Å². The molecule has 1 atom stereocenters. The van der Waals surface area contributed by atoms with Crippen molar-refractivity contribution in [1.29, 1.82) is 5.26 Å². The third-order valence-electron chi connectivity index (χ3n) is 3.23. The molecule has 1 amide bonds. The van der Waals surface area contributed by atoms with Crippen LogP contribution in [-0.2, 0) is 4.79 Å². The van der Waals surface area contributed by atoms with Gasteiger partial charge in [0.15, 0.2) is 0 Å². The molecule has 1 unspecified atom stereocenters. The molecule has 2 N–H and O–H groups in total. The molecule has 1 fully saturated rings. The van der Waals surface area contributed by atoms with Crippen molar-refractivity contribution in [3.63, 3.8) is 0 Å². The summed E-state index contributed by atoms with van der Waals surface area (Å²) in [5.41, 5.74) is 5.78. The molecule has 1 aromatic rings. The SMILES string of the molecule is N#Cc1ccc(N2CCC(C(N)=O)C2)c([N+](=O)[O-])c1. The summed E-state index contributed by atoms with van der Waals surface area (Å²) in [7, 11) is 0. The van der Waals surface area contributed by atoms with Crippen molar-refractivity contribution < 1.29 is 9.72 Å². The average molecular weight is 260 g/mol. The molecular weight excluding hydrogens is 248 g/mol. The number of nitro groups is 1. The van der Waals surface area contributed by atoms with E-state index < -0.39 is 10.8 Å². The molecule has 7 nitrogen and oxygen atoms in total. The lowest BCUT2D eigenvalue weighted by Gasteiger charge is -2.18. The highest BCUT2D eigenvalue weighted by molar-refractivity contribution is 5.79. The van der Waals surface area contributed by atoms with Gasteiger partial charge in [0.05, 0.1) is 22.5 Å². The van der Waals surface area contributed by atoms with E-state index in [1.807, 2.05) is 6.07 Å². The molecule has 98 valence electrons. The first-order valence-corrected chi connectivity index (χ1v) is 5.75. The predicted octanol–water partition coefficient (Wildman–Crippen LogP) is 0.778. The number of nitriles is 1. The summed E-state index contributed by atoms with van der Waals surface area (Å²) in [6, 6.07) is 6.18. The number of rotatable bonds is 3. The monoisotopic (exact) mass is 260 g/mol. The minimum Gasteiger partial charge on any atom is -0.369 e. The Bertz CT molecular complexity index is 579. The molecule has 1 aliphatic rings. The maximum atomic E-state index is 11.1. The Hall–Kier alpha value is -2.62. The Morgan fingerprint density at radius 2 is 2.32 bits per heavy atom. The fourth-order valence-electron chi connectivity index (χ4n) is 2.22. The fourth-order valence-corrected chi connectivity index (χ4v) is 2.22. The normalized spacial score (nSPS) is 18.1. The number of nitro benzene ring substituents is 1. The molecular formula is C12H12N4O3. The second-order valence-corrected chi connectivity index (χ2v) is 4.41. The lowest BCUT2D eigenvalue weighted by Crippen LogP contribution is -2.27. The van der Waals surface area contributed by atoms with Gasteiger partial charge in [-0.3, -0.25) is 14.9 Å². The summed E-state index contributed by atoms with van der Waals surface area (Å²) < 4.78 is 0. The van der Waals surface area contributed by atoms with Crippen molar-refractivity contribution in [2.24, 2.45) is 11.7 Å². The zero-order chi connectivity index (χ0) is 14.0. The van der Waals surface area contributed by atoms with Crippen LogP contribution in [0.2, 0.25) is 0 Å². The minimum atomic E-state index is -0.520. The number of nitrogens with two attached hydrogens (primary N) is 1. The molecule has 0 bridgehead atoms. The number of benzene rings is 1. The Morgan fingerprint density at radius 3 is 2.84 bits per heavy atom. The molecule has 1 aliphatic heterocycles. The highest BCUT2D eigenvalue weighted by Crippen LogP contribution is 2.32. The summed E-state index contributed by atoms with van der Waals surface area (Å²) in [5.74, 6) is -0.672. The van der Waals surface area contributed by atoms with Crippen LogP contribution in [0.4, 0.5) is 11.4 Å². The number of carbonyl (C=O) groups excluding carboxylic acids is 1. The first-order chi connectivity index (χ1) is 9.02. The second kappa shape index (κ2) is 4.94. The standard InChI is InChI=1S/C12H12N4O3/c13-6-8-1-2-10(11(5-8)16(18)19)15-4-3-9(7-15)12(14)17/h1-2,5,9H,3-4,7H2,(H2,14,17). The van der Waals surface area contributed by atoms with Crippen molar-refractivity contribution in [1.82, 2.24) is 0 Å². The lowest BCUT2D eigenvalue weighted by atomic mass is 10.1. The molecule has 2 rings (SSSR count). The number of hydrogen-bond acceptors (Lipinski definition) is 5. The Morgan fingerprint density at radius 1 is 1.58 bits per heavy atom. The molecule has 1 aromatic carbocycles. The van der Waals surface area contributed by atoms with Crippen LogP contribution in [0.15, 0.2) is 18.2 Å². The lowest BCUT2D eigenvalue weighted by molar-refractivity contribution is -0.384. The highest BCUT2D eigenvalue weighted by Gasteiger charge is 2.30. The number of amides is 1. The zero-order valence-electron chi connectivity index (χ0n) is 10.1. The van der Waals surface area contributed by atoms with E-state index >= 15 is 0 Å². The van der Waals surface area contributed by atoms with Crippen LogP contribution in [0.1, 0.15) is 12.0 Å². The minimum absolute atomic E-state index is 0.121. The molecule has 1 heterocycles. The van der Waals surface area contributed by atoms with Crippen molar-refractivity contribution in [3.05, 3.63) is 33.9 Å². The van der Waals surface area contributed by atoms with Gasteiger partial charge in [0.25, 0.3) is 5.69 Å². The van der Waals surface area contributed by atoms with Gasteiger partial charge < -0.3 is 10.6 Å². The van der Waals surface area contributed by atoms with Gasteiger partial charge in [-0.2, -0.15) is 5.26 Å². The van der Waals surface area contributed by atoms with Crippen LogP contribution in [-0.4, -0.2) is 23.9 Å². The van der Waals surface area contributed by atoms with E-state index in [0.717, 1.165) is 0 Å². The maximum absolute atomic E-state index is 11.1. The molecule has 19 heavy (non-hydrogen) atoms. The first kappa shape index (κ1) is 12.8. The number of hydrogen-bond donors (Lipinski definition) is 1. The summed E-state index contributed by atoms with van der Waals surface area (Å²) >= 11 is 0. The molecule has 0 aromatic heterocycles. The number of anilines is 1. The van der Waals surface area contributed by atoms with Gasteiger partial charge in [0.1, 0.15) is 5.69 Å². The van der Waals surface area contributed by atoms with E-state index in [4.69, 9.17) is 11.0 Å². The third kappa shape index (κ3) is 2.47. The summed E-state index contributed by atoms with van der Waals surface area (Å²) in [6.07, 6.45) is 0.590. The zero-order valence-corrected chi connectivity index (χ0v) is 10.1. The smallest absolute Gasteiger partial charge is 0.293 e. The fraction of sp³-hybridized carbons (Fsp3) is 0.333. The molecule has 0 spiro atoms. The van der Waals surface area contributed by atoms with Gasteiger partial charge in [-0.25, -0.2) is 0 Å². The van der Waals surface area contributed by atoms with Gasteiger partial charge >= 0.3 is 0 Å². The summed E-state index contributed by atoms with van der Waals surface area (Å²) in [4.78, 5) is 23.4. The molecule has 0 aliphatic carbocycles. The quantitative estimate of drug-likeness (QED) is 0.637. The van der Waals surface area contributed by atoms with Gasteiger partial charge in [-0.15, -0.1) is 0 Å². The number of primary amides is 1. The number of carbonyl (C=O) groups is 1. The van der Waals surface area contributed by atoms with Crippen molar-refractivity contribution in [3.8, 4) is 6.07 Å². The number of nitrogens with zero attached hydrogens (tertiary/aromatic N) is 3. The van der Waals surface area contributed by atoms with Gasteiger partial charge in [0, 0.05) is 19.2 Å². The maximum Gasteiger partial charge on any atom is 0.293 e. The van der Waals surface area contributed by atoms with E-state index in [1.165, 1.54) is 12.1 Å². The Labute approximate surface area is 109 Å². The first-order valence-electron chi connectivity index (χ1n) is 5.75. The largest absolute Gasteiger partial charge is 0.369 e. The summed E-state index contributed by atoms with van der Waals surface area (Å²) in [6.45, 7) is 0.919. The third-order valence-corrected chi connectivity index (χ3v) is 3.23. The summed E-state index contributed by atoms with van der Waals surface area (Å²) in [5, 5.41) is 19.8. The van der Waals surface area contributed by atoms with E-state index in [9.17, 15) is 14.9 Å². The average Bonchev–Trinajstić information content (AvgIpc) is 2.87. The second-order valence-electron chi connectivity index (χ2n) is 4.41. The van der Waals surface area contributed by atoms with Gasteiger partial charge in [-0.05, 0) is 18.6 Å². The molecule has 0 radical (unpaired) electrons. The van der Waals surface area contributed by atoms with E-state index in [-0.39, 0.29) is 17.2 Å².